The van der Waals surface area contributed by atoms with Gasteiger partial charge in [0.15, 0.2) is 5.78 Å². The quantitative estimate of drug-likeness (QED) is 0.552. The van der Waals surface area contributed by atoms with Gasteiger partial charge in [0.2, 0.25) is 0 Å². The Bertz CT molecular complexity index is 977. The number of carbonyl (C=O) groups excluding carboxylic acids is 1. The van der Waals surface area contributed by atoms with Crippen molar-refractivity contribution in [3.63, 3.8) is 0 Å². The Hall–Kier alpha value is -1.34. The molecular formula is C29H37ClO3. The third kappa shape index (κ3) is 3.87. The van der Waals surface area contributed by atoms with Crippen molar-refractivity contribution < 1.29 is 15.0 Å². The molecule has 4 heteroatoms. The second-order valence-electron chi connectivity index (χ2n) is 11.9. The van der Waals surface area contributed by atoms with Gasteiger partial charge in [-0.15, -0.1) is 0 Å². The number of fused-ring (bicyclic) bond motifs is 5. The third-order valence-corrected chi connectivity index (χ3v) is 10.8. The van der Waals surface area contributed by atoms with Crippen molar-refractivity contribution in [1.82, 2.24) is 0 Å². The number of carbonyl (C=O) groups is 1. The van der Waals surface area contributed by atoms with E-state index in [9.17, 15) is 15.0 Å². The van der Waals surface area contributed by atoms with Crippen molar-refractivity contribution in [3.05, 3.63) is 34.9 Å². The van der Waals surface area contributed by atoms with Crippen LogP contribution in [-0.2, 0) is 4.79 Å². The molecule has 3 nitrogen and oxygen atoms in total. The van der Waals surface area contributed by atoms with Gasteiger partial charge < -0.3 is 10.2 Å². The molecule has 2 unspecified atom stereocenters. The summed E-state index contributed by atoms with van der Waals surface area (Å²) in [4.78, 5) is 12.5. The van der Waals surface area contributed by atoms with E-state index in [1.807, 2.05) is 24.3 Å². The number of Topliss-reactive ketones (excluding diaryl/α,β-unsaturated/α-hetero) is 1. The van der Waals surface area contributed by atoms with Gasteiger partial charge in [0.25, 0.3) is 0 Å². The number of aliphatic hydroxyl groups is 2. The molecule has 0 aliphatic heterocycles. The van der Waals surface area contributed by atoms with E-state index in [0.29, 0.717) is 28.7 Å². The summed E-state index contributed by atoms with van der Waals surface area (Å²) in [5.74, 6) is 8.95. The van der Waals surface area contributed by atoms with Crippen LogP contribution in [0.5, 0.6) is 0 Å². The highest BCUT2D eigenvalue weighted by molar-refractivity contribution is 6.30. The molecule has 0 saturated heterocycles. The lowest BCUT2D eigenvalue weighted by Crippen LogP contribution is -2.56. The van der Waals surface area contributed by atoms with Crippen LogP contribution in [0.3, 0.4) is 0 Å². The summed E-state index contributed by atoms with van der Waals surface area (Å²) in [5, 5.41) is 21.6. The van der Waals surface area contributed by atoms with Crippen molar-refractivity contribution in [2.24, 2.45) is 40.4 Å². The van der Waals surface area contributed by atoms with E-state index >= 15 is 0 Å². The molecule has 0 heterocycles. The maximum Gasteiger partial charge on any atom is 0.161 e. The Labute approximate surface area is 203 Å². The smallest absolute Gasteiger partial charge is 0.161 e. The highest BCUT2D eigenvalue weighted by Crippen LogP contribution is 2.68. The van der Waals surface area contributed by atoms with Crippen molar-refractivity contribution in [3.8, 4) is 11.8 Å². The standard InChI is InChI=1S/C29H37ClO3/c1-27-15-16-29(33,14-11-19-3-6-21(30)7-4-19)17-20(27)5-8-22-23-9-10-25(26(32)18-31)28(23,2)13-12-24(22)27/h3-4,6-7,20,22-25,31,33H,5,8-10,12-13,15-18H2,1-2H3/t20?,22-,23-,24-,25+,27-,28-,29?/m0/s1. The lowest BCUT2D eigenvalue weighted by Gasteiger charge is -2.61. The van der Waals surface area contributed by atoms with Gasteiger partial charge in [0.1, 0.15) is 12.2 Å². The van der Waals surface area contributed by atoms with Crippen LogP contribution in [-0.4, -0.2) is 28.2 Å². The topological polar surface area (TPSA) is 57.5 Å². The zero-order valence-electron chi connectivity index (χ0n) is 19.9. The molecule has 8 atom stereocenters. The summed E-state index contributed by atoms with van der Waals surface area (Å²) < 4.78 is 0. The predicted octanol–water partition coefficient (Wildman–Crippen LogP) is 5.64. The fraction of sp³-hybridized carbons (Fsp3) is 0.690. The zero-order chi connectivity index (χ0) is 23.4. The van der Waals surface area contributed by atoms with E-state index in [1.54, 1.807) is 0 Å². The summed E-state index contributed by atoms with van der Waals surface area (Å²) in [5.41, 5.74) is 0.289. The Morgan fingerprint density at radius 1 is 1.00 bits per heavy atom. The van der Waals surface area contributed by atoms with Crippen LogP contribution >= 0.6 is 11.6 Å². The monoisotopic (exact) mass is 468 g/mol. The average molecular weight is 469 g/mol. The molecule has 2 N–H and O–H groups in total. The van der Waals surface area contributed by atoms with E-state index in [2.05, 4.69) is 25.7 Å². The first-order chi connectivity index (χ1) is 15.7. The lowest BCUT2D eigenvalue weighted by molar-refractivity contribution is -0.146. The van der Waals surface area contributed by atoms with Gasteiger partial charge in [-0.25, -0.2) is 0 Å². The second-order valence-corrected chi connectivity index (χ2v) is 12.4. The normalized spacial score (nSPS) is 44.1. The van der Waals surface area contributed by atoms with E-state index in [4.69, 9.17) is 11.6 Å². The van der Waals surface area contributed by atoms with Crippen LogP contribution in [0.15, 0.2) is 24.3 Å². The Morgan fingerprint density at radius 3 is 2.45 bits per heavy atom. The molecule has 0 aromatic heterocycles. The fourth-order valence-corrected chi connectivity index (χ4v) is 8.85. The van der Waals surface area contributed by atoms with Crippen LogP contribution in [0.25, 0.3) is 0 Å². The molecule has 178 valence electrons. The number of hydrogen-bond acceptors (Lipinski definition) is 3. The zero-order valence-corrected chi connectivity index (χ0v) is 20.7. The van der Waals surface area contributed by atoms with Crippen LogP contribution in [0.2, 0.25) is 5.02 Å². The van der Waals surface area contributed by atoms with Gasteiger partial charge in [0, 0.05) is 16.5 Å². The molecule has 4 saturated carbocycles. The van der Waals surface area contributed by atoms with Crippen LogP contribution in [0.1, 0.15) is 77.2 Å². The summed E-state index contributed by atoms with van der Waals surface area (Å²) in [6.45, 7) is 4.50. The molecule has 4 fully saturated rings. The van der Waals surface area contributed by atoms with E-state index in [-0.39, 0.29) is 29.1 Å². The largest absolute Gasteiger partial charge is 0.389 e. The molecule has 1 aromatic carbocycles. The van der Waals surface area contributed by atoms with Gasteiger partial charge in [0.05, 0.1) is 0 Å². The second kappa shape index (κ2) is 8.40. The highest BCUT2D eigenvalue weighted by atomic mass is 35.5. The maximum absolute atomic E-state index is 12.5. The average Bonchev–Trinajstić information content (AvgIpc) is 3.16. The summed E-state index contributed by atoms with van der Waals surface area (Å²) >= 11 is 5.98. The molecule has 33 heavy (non-hydrogen) atoms. The lowest BCUT2D eigenvalue weighted by atomic mass is 9.44. The van der Waals surface area contributed by atoms with Crippen molar-refractivity contribution >= 4 is 17.4 Å². The van der Waals surface area contributed by atoms with Gasteiger partial charge in [-0.05, 0) is 117 Å². The molecule has 0 spiro atoms. The van der Waals surface area contributed by atoms with Gasteiger partial charge in [-0.1, -0.05) is 37.3 Å². The van der Waals surface area contributed by atoms with Gasteiger partial charge >= 0.3 is 0 Å². The number of rotatable bonds is 2. The number of ketones is 1. The van der Waals surface area contributed by atoms with Crippen LogP contribution in [0, 0.1) is 52.3 Å². The molecule has 4 aliphatic rings. The van der Waals surface area contributed by atoms with Gasteiger partial charge in [-0.2, -0.15) is 0 Å². The molecule has 0 radical (unpaired) electrons. The summed E-state index contributed by atoms with van der Waals surface area (Å²) in [7, 11) is 0. The first-order valence-electron chi connectivity index (χ1n) is 12.8. The van der Waals surface area contributed by atoms with E-state index in [0.717, 1.165) is 50.5 Å². The molecular weight excluding hydrogens is 432 g/mol. The van der Waals surface area contributed by atoms with Crippen molar-refractivity contribution in [1.29, 1.82) is 0 Å². The molecule has 0 amide bonds. The minimum absolute atomic E-state index is 0.0403. The molecule has 1 aromatic rings. The van der Waals surface area contributed by atoms with E-state index < -0.39 is 5.60 Å². The minimum Gasteiger partial charge on any atom is -0.389 e. The Morgan fingerprint density at radius 2 is 1.73 bits per heavy atom. The Kier molecular flexibility index (Phi) is 5.96. The van der Waals surface area contributed by atoms with Crippen LogP contribution < -0.4 is 0 Å². The first-order valence-corrected chi connectivity index (χ1v) is 13.2. The van der Waals surface area contributed by atoms with Gasteiger partial charge in [-0.3, -0.25) is 4.79 Å². The molecule has 0 bridgehead atoms. The fourth-order valence-electron chi connectivity index (χ4n) is 8.72. The minimum atomic E-state index is -0.911. The first kappa shape index (κ1) is 23.4. The maximum atomic E-state index is 12.5. The highest BCUT2D eigenvalue weighted by Gasteiger charge is 2.61. The summed E-state index contributed by atoms with van der Waals surface area (Å²) in [6.07, 6.45) is 9.22. The SMILES string of the molecule is C[C@]12CC[C@H]3[C@@H](CCC4CC(O)(C#Cc5ccc(Cl)cc5)CC[C@@]43C)[C@@H]1CC[C@@H]2C(=O)CO. The molecule has 4 aliphatic carbocycles. The van der Waals surface area contributed by atoms with Crippen molar-refractivity contribution in [2.45, 2.75) is 77.2 Å². The number of benzene rings is 1. The number of aliphatic hydroxyl groups excluding tert-OH is 1. The van der Waals surface area contributed by atoms with E-state index in [1.165, 1.54) is 12.8 Å². The summed E-state index contributed by atoms with van der Waals surface area (Å²) in [6, 6.07) is 7.50. The van der Waals surface area contributed by atoms with Crippen LogP contribution in [0.4, 0.5) is 0 Å². The predicted molar refractivity (Wildman–Crippen MR) is 131 cm³/mol. The molecule has 5 rings (SSSR count). The third-order valence-electron chi connectivity index (χ3n) is 10.6. The van der Waals surface area contributed by atoms with Crippen molar-refractivity contribution in [2.75, 3.05) is 6.61 Å². The number of halogens is 1. The Balaban J connectivity index is 1.33. The number of hydrogen-bond donors (Lipinski definition) is 2.